The number of aromatic nitrogens is 1. The van der Waals surface area contributed by atoms with E-state index in [-0.39, 0.29) is 5.82 Å². The van der Waals surface area contributed by atoms with Gasteiger partial charge in [-0.25, -0.2) is 9.37 Å². The Morgan fingerprint density at radius 3 is 2.73 bits per heavy atom. The van der Waals surface area contributed by atoms with E-state index in [1.165, 1.54) is 17.7 Å². The molecule has 1 unspecified atom stereocenters. The van der Waals surface area contributed by atoms with E-state index in [0.717, 1.165) is 37.3 Å². The molecule has 1 fully saturated rings. The SMILES string of the molecule is Fc1ccc(-c2nc(CNC3CCN(Cc4ccccc4)C3)co2)cc1. The van der Waals surface area contributed by atoms with E-state index < -0.39 is 0 Å². The van der Waals surface area contributed by atoms with E-state index in [2.05, 4.69) is 45.5 Å². The first kappa shape index (κ1) is 16.9. The quantitative estimate of drug-likeness (QED) is 0.732. The predicted octanol–water partition coefficient (Wildman–Crippen LogP) is 3.84. The molecule has 0 saturated carbocycles. The summed E-state index contributed by atoms with van der Waals surface area (Å²) in [5, 5.41) is 3.56. The van der Waals surface area contributed by atoms with Crippen LogP contribution in [0.5, 0.6) is 0 Å². The van der Waals surface area contributed by atoms with Gasteiger partial charge >= 0.3 is 0 Å². The van der Waals surface area contributed by atoms with Gasteiger partial charge in [-0.3, -0.25) is 4.90 Å². The molecular weight excluding hydrogens is 329 g/mol. The third-order valence-electron chi connectivity index (χ3n) is 4.74. The number of likely N-dealkylation sites (tertiary alicyclic amines) is 1. The van der Waals surface area contributed by atoms with Crippen LogP contribution in [0.2, 0.25) is 0 Å². The van der Waals surface area contributed by atoms with Gasteiger partial charge in [0.05, 0.1) is 5.69 Å². The second kappa shape index (κ2) is 7.81. The fourth-order valence-electron chi connectivity index (χ4n) is 3.35. The number of nitrogens with one attached hydrogen (secondary N) is 1. The summed E-state index contributed by atoms with van der Waals surface area (Å²) in [5.74, 6) is 0.266. The molecule has 26 heavy (non-hydrogen) atoms. The number of nitrogens with zero attached hydrogens (tertiary/aromatic N) is 2. The highest BCUT2D eigenvalue weighted by atomic mass is 19.1. The van der Waals surface area contributed by atoms with Gasteiger partial charge < -0.3 is 9.73 Å². The normalized spacial score (nSPS) is 17.7. The van der Waals surface area contributed by atoms with E-state index in [9.17, 15) is 4.39 Å². The van der Waals surface area contributed by atoms with Crippen LogP contribution in [0.3, 0.4) is 0 Å². The van der Waals surface area contributed by atoms with Crippen molar-refractivity contribution in [2.75, 3.05) is 13.1 Å². The Balaban J connectivity index is 1.28. The number of oxazole rings is 1. The van der Waals surface area contributed by atoms with E-state index in [1.807, 2.05) is 0 Å². The Kier molecular flexibility index (Phi) is 5.09. The lowest BCUT2D eigenvalue weighted by Crippen LogP contribution is -2.32. The van der Waals surface area contributed by atoms with Crippen LogP contribution in [0.4, 0.5) is 4.39 Å². The Hall–Kier alpha value is -2.50. The zero-order valence-corrected chi connectivity index (χ0v) is 14.6. The molecule has 5 heteroatoms. The maximum Gasteiger partial charge on any atom is 0.226 e. The average Bonchev–Trinajstić information content (AvgIpc) is 3.31. The zero-order chi connectivity index (χ0) is 17.8. The smallest absolute Gasteiger partial charge is 0.226 e. The fraction of sp³-hybridized carbons (Fsp3) is 0.286. The second-order valence-corrected chi connectivity index (χ2v) is 6.74. The van der Waals surface area contributed by atoms with Crippen LogP contribution in [0.1, 0.15) is 17.7 Å². The monoisotopic (exact) mass is 351 g/mol. The van der Waals surface area contributed by atoms with Gasteiger partial charge in [-0.05, 0) is 36.2 Å². The second-order valence-electron chi connectivity index (χ2n) is 6.74. The van der Waals surface area contributed by atoms with Crippen LogP contribution >= 0.6 is 0 Å². The molecule has 134 valence electrons. The molecule has 1 saturated heterocycles. The number of hydrogen-bond acceptors (Lipinski definition) is 4. The van der Waals surface area contributed by atoms with Crippen molar-refractivity contribution in [3.05, 3.63) is 77.9 Å². The van der Waals surface area contributed by atoms with Crippen LogP contribution in [0.15, 0.2) is 65.3 Å². The Morgan fingerprint density at radius 2 is 1.92 bits per heavy atom. The van der Waals surface area contributed by atoms with Gasteiger partial charge in [0.15, 0.2) is 0 Å². The fourth-order valence-corrected chi connectivity index (χ4v) is 3.35. The predicted molar refractivity (Wildman–Crippen MR) is 98.9 cm³/mol. The molecule has 0 radical (unpaired) electrons. The molecular formula is C21H22FN3O. The lowest BCUT2D eigenvalue weighted by molar-refractivity contribution is 0.319. The third kappa shape index (κ3) is 4.18. The van der Waals surface area contributed by atoms with Crippen molar-refractivity contribution in [3.63, 3.8) is 0 Å². The summed E-state index contributed by atoms with van der Waals surface area (Å²) >= 11 is 0. The van der Waals surface area contributed by atoms with E-state index in [4.69, 9.17) is 4.42 Å². The molecule has 1 atom stereocenters. The maximum atomic E-state index is 13.0. The van der Waals surface area contributed by atoms with Crippen molar-refractivity contribution in [1.29, 1.82) is 0 Å². The molecule has 2 aromatic carbocycles. The molecule has 0 bridgehead atoms. The van der Waals surface area contributed by atoms with Crippen molar-refractivity contribution in [3.8, 4) is 11.5 Å². The molecule has 3 aromatic rings. The lowest BCUT2D eigenvalue weighted by Gasteiger charge is -2.16. The molecule has 1 aliphatic heterocycles. The van der Waals surface area contributed by atoms with Crippen molar-refractivity contribution < 1.29 is 8.81 Å². The van der Waals surface area contributed by atoms with Crippen LogP contribution in [0.25, 0.3) is 11.5 Å². The average molecular weight is 351 g/mol. The highest BCUT2D eigenvalue weighted by molar-refractivity contribution is 5.52. The molecule has 1 aromatic heterocycles. The van der Waals surface area contributed by atoms with Crippen molar-refractivity contribution in [2.45, 2.75) is 25.6 Å². The van der Waals surface area contributed by atoms with Crippen LogP contribution in [-0.4, -0.2) is 29.0 Å². The van der Waals surface area contributed by atoms with Gasteiger partial charge in [0.25, 0.3) is 0 Å². The Labute approximate surface area is 152 Å². The number of halogens is 1. The van der Waals surface area contributed by atoms with E-state index >= 15 is 0 Å². The van der Waals surface area contributed by atoms with Crippen LogP contribution in [-0.2, 0) is 13.1 Å². The molecule has 0 spiro atoms. The molecule has 2 heterocycles. The number of benzene rings is 2. The lowest BCUT2D eigenvalue weighted by atomic mass is 10.2. The van der Waals surface area contributed by atoms with Crippen LogP contribution < -0.4 is 5.32 Å². The molecule has 1 N–H and O–H groups in total. The number of hydrogen-bond donors (Lipinski definition) is 1. The highest BCUT2D eigenvalue weighted by Crippen LogP contribution is 2.19. The van der Waals surface area contributed by atoms with E-state index in [1.54, 1.807) is 18.4 Å². The van der Waals surface area contributed by atoms with Gasteiger partial charge in [-0.2, -0.15) is 0 Å². The Morgan fingerprint density at radius 1 is 1.12 bits per heavy atom. The summed E-state index contributed by atoms with van der Waals surface area (Å²) < 4.78 is 18.5. The van der Waals surface area contributed by atoms with Crippen molar-refractivity contribution in [2.24, 2.45) is 0 Å². The standard InChI is InChI=1S/C21H22FN3O/c22-18-8-6-17(7-9-18)21-24-20(15-26-21)12-23-19-10-11-25(14-19)13-16-4-2-1-3-5-16/h1-9,15,19,23H,10-14H2. The van der Waals surface area contributed by atoms with Gasteiger partial charge in [-0.15, -0.1) is 0 Å². The zero-order valence-electron chi connectivity index (χ0n) is 14.6. The Bertz CT molecular complexity index is 832. The first-order valence-electron chi connectivity index (χ1n) is 8.96. The van der Waals surface area contributed by atoms with Crippen molar-refractivity contribution >= 4 is 0 Å². The van der Waals surface area contributed by atoms with Gasteiger partial charge in [0, 0.05) is 37.8 Å². The summed E-state index contributed by atoms with van der Waals surface area (Å²) in [5.41, 5.74) is 3.01. The summed E-state index contributed by atoms with van der Waals surface area (Å²) in [6.07, 6.45) is 2.80. The first-order valence-corrected chi connectivity index (χ1v) is 8.96. The molecule has 0 aliphatic carbocycles. The van der Waals surface area contributed by atoms with Crippen LogP contribution in [0, 0.1) is 5.82 Å². The molecule has 0 amide bonds. The van der Waals surface area contributed by atoms with Crippen molar-refractivity contribution in [1.82, 2.24) is 15.2 Å². The summed E-state index contributed by atoms with van der Waals surface area (Å²) in [7, 11) is 0. The summed E-state index contributed by atoms with van der Waals surface area (Å²) in [6.45, 7) is 3.82. The largest absolute Gasteiger partial charge is 0.444 e. The summed E-state index contributed by atoms with van der Waals surface area (Å²) in [6, 6.07) is 17.2. The minimum Gasteiger partial charge on any atom is -0.444 e. The molecule has 1 aliphatic rings. The van der Waals surface area contributed by atoms with Gasteiger partial charge in [0.1, 0.15) is 12.1 Å². The highest BCUT2D eigenvalue weighted by Gasteiger charge is 2.22. The third-order valence-corrected chi connectivity index (χ3v) is 4.74. The summed E-state index contributed by atoms with van der Waals surface area (Å²) in [4.78, 5) is 6.96. The minimum atomic E-state index is -0.261. The van der Waals surface area contributed by atoms with Gasteiger partial charge in [0.2, 0.25) is 5.89 Å². The minimum absolute atomic E-state index is 0.261. The molecule has 4 rings (SSSR count). The number of rotatable bonds is 6. The molecule has 4 nitrogen and oxygen atoms in total. The van der Waals surface area contributed by atoms with E-state index in [0.29, 0.717) is 18.5 Å². The maximum absolute atomic E-state index is 13.0. The van der Waals surface area contributed by atoms with Gasteiger partial charge in [-0.1, -0.05) is 30.3 Å². The topological polar surface area (TPSA) is 41.3 Å². The first-order chi connectivity index (χ1) is 12.8.